The van der Waals surface area contributed by atoms with Crippen molar-refractivity contribution in [3.05, 3.63) is 81.4 Å². The Morgan fingerprint density at radius 3 is 2.18 bits per heavy atom. The Morgan fingerprint density at radius 2 is 1.65 bits per heavy atom. The van der Waals surface area contributed by atoms with E-state index in [1.807, 2.05) is 19.9 Å². The van der Waals surface area contributed by atoms with Crippen LogP contribution in [-0.2, 0) is 4.74 Å². The molecule has 0 unspecified atom stereocenters. The highest BCUT2D eigenvalue weighted by molar-refractivity contribution is 6.30. The van der Waals surface area contributed by atoms with Crippen LogP contribution in [0.1, 0.15) is 53.4 Å². The standard InChI is InChI=1S/C25H25ClN2O6/c1-14(2)5-12-20(34-25(29)15-6-8-16(26)9-7-15)17-13-21(32-3)22-18(27-30)10-11-19(28-31)23(22)24(17)33-4/h5-11,13,20,30-31H,12H2,1-4H3/b27-18+,28-19+/t20-/m1/s1. The van der Waals surface area contributed by atoms with Gasteiger partial charge in [0.15, 0.2) is 0 Å². The number of esters is 1. The van der Waals surface area contributed by atoms with Crippen molar-refractivity contribution < 1.29 is 29.4 Å². The fourth-order valence-corrected chi connectivity index (χ4v) is 3.76. The van der Waals surface area contributed by atoms with Crippen molar-refractivity contribution in [3.8, 4) is 11.5 Å². The zero-order chi connectivity index (χ0) is 24.8. The van der Waals surface area contributed by atoms with E-state index in [-0.39, 0.29) is 11.4 Å². The quantitative estimate of drug-likeness (QED) is 0.231. The fourth-order valence-electron chi connectivity index (χ4n) is 3.63. The molecule has 34 heavy (non-hydrogen) atoms. The Hall–Kier alpha value is -3.78. The molecule has 0 fully saturated rings. The van der Waals surface area contributed by atoms with E-state index < -0.39 is 12.1 Å². The summed E-state index contributed by atoms with van der Waals surface area (Å²) in [4.78, 5) is 13.0. The second kappa shape index (κ2) is 10.9. The average Bonchev–Trinajstić information content (AvgIpc) is 2.84. The smallest absolute Gasteiger partial charge is 0.338 e. The van der Waals surface area contributed by atoms with Crippen molar-refractivity contribution in [2.24, 2.45) is 10.3 Å². The molecular formula is C25H25ClN2O6. The Bertz CT molecular complexity index is 1190. The van der Waals surface area contributed by atoms with Crippen molar-refractivity contribution in [1.82, 2.24) is 0 Å². The Kier molecular flexibility index (Phi) is 7.96. The van der Waals surface area contributed by atoms with E-state index in [0.717, 1.165) is 5.57 Å². The zero-order valence-electron chi connectivity index (χ0n) is 19.2. The lowest BCUT2D eigenvalue weighted by Gasteiger charge is -2.26. The third-order valence-corrected chi connectivity index (χ3v) is 5.49. The predicted octanol–water partition coefficient (Wildman–Crippen LogP) is 5.54. The number of fused-ring (bicyclic) bond motifs is 1. The summed E-state index contributed by atoms with van der Waals surface area (Å²) in [7, 11) is 2.91. The third-order valence-electron chi connectivity index (χ3n) is 5.24. The lowest BCUT2D eigenvalue weighted by atomic mass is 9.88. The summed E-state index contributed by atoms with van der Waals surface area (Å²) < 4.78 is 17.2. The molecule has 9 heteroatoms. The minimum Gasteiger partial charge on any atom is -0.496 e. The highest BCUT2D eigenvalue weighted by Gasteiger charge is 2.32. The summed E-state index contributed by atoms with van der Waals surface area (Å²) in [5, 5.41) is 26.3. The van der Waals surface area contributed by atoms with Crippen LogP contribution in [0.2, 0.25) is 5.02 Å². The minimum absolute atomic E-state index is 0.171. The normalized spacial score (nSPS) is 15.6. The van der Waals surface area contributed by atoms with Crippen LogP contribution in [0.4, 0.5) is 0 Å². The van der Waals surface area contributed by atoms with Gasteiger partial charge in [-0.25, -0.2) is 4.79 Å². The topological polar surface area (TPSA) is 110 Å². The van der Waals surface area contributed by atoms with E-state index in [1.54, 1.807) is 30.3 Å². The van der Waals surface area contributed by atoms with Crippen molar-refractivity contribution in [2.45, 2.75) is 26.4 Å². The van der Waals surface area contributed by atoms with Crippen LogP contribution < -0.4 is 9.47 Å². The minimum atomic E-state index is -0.771. The number of carbonyl (C=O) groups is 1. The van der Waals surface area contributed by atoms with Gasteiger partial charge in [0, 0.05) is 17.0 Å². The number of carbonyl (C=O) groups excluding carboxylic acids is 1. The molecule has 1 atom stereocenters. The number of halogens is 1. The van der Waals surface area contributed by atoms with Gasteiger partial charge in [-0.2, -0.15) is 0 Å². The number of allylic oxidation sites excluding steroid dienone is 3. The van der Waals surface area contributed by atoms with E-state index >= 15 is 0 Å². The lowest BCUT2D eigenvalue weighted by Crippen LogP contribution is -2.20. The summed E-state index contributed by atoms with van der Waals surface area (Å²) >= 11 is 5.94. The largest absolute Gasteiger partial charge is 0.496 e. The second-order valence-corrected chi connectivity index (χ2v) is 8.11. The summed E-state index contributed by atoms with van der Waals surface area (Å²) in [5.41, 5.74) is 2.96. The molecule has 178 valence electrons. The van der Waals surface area contributed by atoms with E-state index in [1.165, 1.54) is 26.4 Å². The number of nitrogens with zero attached hydrogens (tertiary/aromatic N) is 2. The van der Waals surface area contributed by atoms with Crippen LogP contribution in [0, 0.1) is 0 Å². The Morgan fingerprint density at radius 1 is 1.03 bits per heavy atom. The molecule has 2 aromatic rings. The predicted molar refractivity (Wildman–Crippen MR) is 129 cm³/mol. The molecule has 2 N–H and O–H groups in total. The molecule has 0 amide bonds. The van der Waals surface area contributed by atoms with Crippen molar-refractivity contribution in [1.29, 1.82) is 0 Å². The Balaban J connectivity index is 2.20. The number of ether oxygens (including phenoxy) is 3. The number of benzene rings is 2. The van der Waals surface area contributed by atoms with Crippen LogP contribution in [-0.4, -0.2) is 42.0 Å². The average molecular weight is 485 g/mol. The van der Waals surface area contributed by atoms with Crippen LogP contribution in [0.5, 0.6) is 11.5 Å². The molecule has 2 aromatic carbocycles. The summed E-state index contributed by atoms with van der Waals surface area (Å²) in [6.07, 6.45) is 4.48. The first-order valence-electron chi connectivity index (χ1n) is 10.4. The molecular weight excluding hydrogens is 460 g/mol. The maximum Gasteiger partial charge on any atom is 0.338 e. The summed E-state index contributed by atoms with van der Waals surface area (Å²) in [6.45, 7) is 3.88. The number of rotatable bonds is 7. The lowest BCUT2D eigenvalue weighted by molar-refractivity contribution is 0.0297. The molecule has 0 bridgehead atoms. The SMILES string of the molecule is COc1cc([C@@H](CC=C(C)C)OC(=O)c2ccc(Cl)cc2)c(OC)c2c1/C(=N/O)C=C/C2=N\O. The molecule has 0 saturated heterocycles. The van der Waals surface area contributed by atoms with Crippen LogP contribution in [0.3, 0.4) is 0 Å². The van der Waals surface area contributed by atoms with Gasteiger partial charge in [0.2, 0.25) is 0 Å². The molecule has 0 saturated carbocycles. The molecule has 0 spiro atoms. The number of hydrogen-bond donors (Lipinski definition) is 2. The van der Waals surface area contributed by atoms with Crippen LogP contribution >= 0.6 is 11.6 Å². The Labute approximate surface area is 202 Å². The van der Waals surface area contributed by atoms with Gasteiger partial charge >= 0.3 is 5.97 Å². The highest BCUT2D eigenvalue weighted by Crippen LogP contribution is 2.42. The highest BCUT2D eigenvalue weighted by atomic mass is 35.5. The molecule has 1 aliphatic carbocycles. The number of methoxy groups -OCH3 is 2. The number of oxime groups is 2. The molecule has 8 nitrogen and oxygen atoms in total. The monoisotopic (exact) mass is 484 g/mol. The van der Waals surface area contributed by atoms with Crippen LogP contribution in [0.25, 0.3) is 0 Å². The maximum absolute atomic E-state index is 13.0. The first kappa shape index (κ1) is 24.9. The fraction of sp³-hybridized carbons (Fsp3) is 0.240. The summed E-state index contributed by atoms with van der Waals surface area (Å²) in [5.74, 6) is 0.0788. The molecule has 3 rings (SSSR count). The maximum atomic E-state index is 13.0. The molecule has 1 aliphatic rings. The summed E-state index contributed by atoms with van der Waals surface area (Å²) in [6, 6.07) is 8.04. The van der Waals surface area contributed by atoms with Crippen molar-refractivity contribution >= 4 is 29.0 Å². The van der Waals surface area contributed by atoms with Crippen molar-refractivity contribution in [3.63, 3.8) is 0 Å². The molecule has 0 aliphatic heterocycles. The van der Waals surface area contributed by atoms with Gasteiger partial charge in [-0.3, -0.25) is 0 Å². The van der Waals surface area contributed by atoms with E-state index in [0.29, 0.717) is 45.2 Å². The van der Waals surface area contributed by atoms with Gasteiger partial charge in [-0.15, -0.1) is 0 Å². The molecule has 0 aromatic heterocycles. The van der Waals surface area contributed by atoms with E-state index in [9.17, 15) is 15.2 Å². The number of hydrogen-bond acceptors (Lipinski definition) is 8. The molecule has 0 heterocycles. The van der Waals surface area contributed by atoms with Gasteiger partial charge in [0.1, 0.15) is 29.0 Å². The first-order valence-corrected chi connectivity index (χ1v) is 10.7. The van der Waals surface area contributed by atoms with Gasteiger partial charge in [-0.1, -0.05) is 33.6 Å². The second-order valence-electron chi connectivity index (χ2n) is 7.67. The van der Waals surface area contributed by atoms with Crippen molar-refractivity contribution in [2.75, 3.05) is 14.2 Å². The van der Waals surface area contributed by atoms with Gasteiger partial charge in [0.25, 0.3) is 0 Å². The third kappa shape index (κ3) is 5.07. The van der Waals surface area contributed by atoms with Crippen LogP contribution in [0.15, 0.2) is 64.4 Å². The molecule has 0 radical (unpaired) electrons. The van der Waals surface area contributed by atoms with E-state index in [2.05, 4.69) is 10.3 Å². The van der Waals surface area contributed by atoms with E-state index in [4.69, 9.17) is 25.8 Å². The first-order chi connectivity index (χ1) is 16.3. The van der Waals surface area contributed by atoms with Gasteiger partial charge < -0.3 is 24.6 Å². The zero-order valence-corrected chi connectivity index (χ0v) is 20.0. The van der Waals surface area contributed by atoms with Gasteiger partial charge in [0.05, 0.1) is 30.9 Å². The van der Waals surface area contributed by atoms with Gasteiger partial charge in [-0.05, 0) is 56.3 Å².